The summed E-state index contributed by atoms with van der Waals surface area (Å²) in [6.07, 6.45) is 1.09. The SMILES string of the molecule is C[C@H](OC(=O)c1cc2c(F)cccc2s1)C(=O)NC1CC1. The van der Waals surface area contributed by atoms with E-state index in [9.17, 15) is 14.0 Å². The summed E-state index contributed by atoms with van der Waals surface area (Å²) in [5, 5.41) is 3.17. The Balaban J connectivity index is 1.71. The Morgan fingerprint density at radius 2 is 2.19 bits per heavy atom. The van der Waals surface area contributed by atoms with E-state index in [0.29, 0.717) is 15.0 Å². The van der Waals surface area contributed by atoms with Crippen LogP contribution in [-0.2, 0) is 9.53 Å². The molecule has 110 valence electrons. The summed E-state index contributed by atoms with van der Waals surface area (Å²) in [5.74, 6) is -1.27. The van der Waals surface area contributed by atoms with Crippen molar-refractivity contribution in [1.29, 1.82) is 0 Å². The van der Waals surface area contributed by atoms with Crippen molar-refractivity contribution in [3.05, 3.63) is 35.0 Å². The first-order valence-corrected chi connectivity index (χ1v) is 7.55. The molecule has 1 heterocycles. The number of halogens is 1. The molecule has 0 unspecified atom stereocenters. The topological polar surface area (TPSA) is 55.4 Å². The van der Waals surface area contributed by atoms with Gasteiger partial charge < -0.3 is 10.1 Å². The first-order valence-electron chi connectivity index (χ1n) is 6.74. The maximum atomic E-state index is 13.6. The number of esters is 1. The van der Waals surface area contributed by atoms with Crippen molar-refractivity contribution in [3.8, 4) is 0 Å². The Kier molecular flexibility index (Phi) is 3.63. The van der Waals surface area contributed by atoms with Crippen LogP contribution < -0.4 is 5.32 Å². The van der Waals surface area contributed by atoms with E-state index in [0.717, 1.165) is 24.2 Å². The van der Waals surface area contributed by atoms with Crippen molar-refractivity contribution in [2.45, 2.75) is 31.9 Å². The van der Waals surface area contributed by atoms with E-state index in [4.69, 9.17) is 4.74 Å². The van der Waals surface area contributed by atoms with Crippen LogP contribution in [0.5, 0.6) is 0 Å². The van der Waals surface area contributed by atoms with E-state index < -0.39 is 12.1 Å². The normalized spacial score (nSPS) is 15.7. The molecule has 0 saturated heterocycles. The molecule has 1 aliphatic rings. The lowest BCUT2D eigenvalue weighted by atomic mass is 10.2. The number of carbonyl (C=O) groups excluding carboxylic acids is 2. The largest absolute Gasteiger partial charge is 0.448 e. The summed E-state index contributed by atoms with van der Waals surface area (Å²) >= 11 is 1.15. The predicted octanol–water partition coefficient (Wildman–Crippen LogP) is 2.86. The predicted molar refractivity (Wildman–Crippen MR) is 77.8 cm³/mol. The van der Waals surface area contributed by atoms with E-state index in [1.807, 2.05) is 0 Å². The molecule has 3 rings (SSSR count). The van der Waals surface area contributed by atoms with Crippen molar-refractivity contribution in [2.24, 2.45) is 0 Å². The minimum Gasteiger partial charge on any atom is -0.448 e. The van der Waals surface area contributed by atoms with E-state index in [1.54, 1.807) is 12.1 Å². The highest BCUT2D eigenvalue weighted by Crippen LogP contribution is 2.28. The second-order valence-electron chi connectivity index (χ2n) is 5.09. The van der Waals surface area contributed by atoms with E-state index in [1.165, 1.54) is 19.1 Å². The van der Waals surface area contributed by atoms with Crippen LogP contribution in [0.1, 0.15) is 29.4 Å². The van der Waals surface area contributed by atoms with Crippen LogP contribution in [-0.4, -0.2) is 24.0 Å². The lowest BCUT2D eigenvalue weighted by molar-refractivity contribution is -0.129. The van der Waals surface area contributed by atoms with Crippen molar-refractivity contribution < 1.29 is 18.7 Å². The summed E-state index contributed by atoms with van der Waals surface area (Å²) in [4.78, 5) is 24.1. The van der Waals surface area contributed by atoms with Crippen molar-refractivity contribution in [3.63, 3.8) is 0 Å². The van der Waals surface area contributed by atoms with Gasteiger partial charge in [-0.1, -0.05) is 6.07 Å². The average Bonchev–Trinajstić information content (AvgIpc) is 3.14. The molecule has 1 saturated carbocycles. The van der Waals surface area contributed by atoms with E-state index in [-0.39, 0.29) is 17.8 Å². The number of carbonyl (C=O) groups is 2. The minimum atomic E-state index is -0.854. The van der Waals surface area contributed by atoms with Gasteiger partial charge in [0.15, 0.2) is 6.10 Å². The lowest BCUT2D eigenvalue weighted by Gasteiger charge is -2.12. The number of benzene rings is 1. The molecule has 0 spiro atoms. The molecule has 0 radical (unpaired) electrons. The summed E-state index contributed by atoms with van der Waals surface area (Å²) in [5.41, 5.74) is 0. The first-order chi connectivity index (χ1) is 10.0. The zero-order valence-corrected chi connectivity index (χ0v) is 12.2. The third kappa shape index (κ3) is 3.05. The van der Waals surface area contributed by atoms with Crippen LogP contribution in [0.25, 0.3) is 10.1 Å². The zero-order valence-electron chi connectivity index (χ0n) is 11.4. The third-order valence-corrected chi connectivity index (χ3v) is 4.37. The van der Waals surface area contributed by atoms with Gasteiger partial charge in [-0.15, -0.1) is 11.3 Å². The van der Waals surface area contributed by atoms with Gasteiger partial charge in [0.25, 0.3) is 5.91 Å². The highest BCUT2D eigenvalue weighted by molar-refractivity contribution is 7.20. The number of fused-ring (bicyclic) bond motifs is 1. The highest BCUT2D eigenvalue weighted by Gasteiger charge is 2.27. The second-order valence-corrected chi connectivity index (χ2v) is 6.18. The fraction of sp³-hybridized carbons (Fsp3) is 0.333. The molecule has 21 heavy (non-hydrogen) atoms. The van der Waals surface area contributed by atoms with Gasteiger partial charge in [-0.2, -0.15) is 0 Å². The minimum absolute atomic E-state index is 0.220. The number of thiophene rings is 1. The Labute approximate surface area is 124 Å². The summed E-state index contributed by atoms with van der Waals surface area (Å²) in [6.45, 7) is 1.53. The van der Waals surface area contributed by atoms with Gasteiger partial charge in [-0.25, -0.2) is 9.18 Å². The van der Waals surface area contributed by atoms with Crippen LogP contribution in [0.15, 0.2) is 24.3 Å². The molecule has 0 bridgehead atoms. The Morgan fingerprint density at radius 3 is 2.86 bits per heavy atom. The molecule has 1 aromatic carbocycles. The summed E-state index contributed by atoms with van der Waals surface area (Å²) in [7, 11) is 0. The molecule has 1 amide bonds. The second kappa shape index (κ2) is 5.44. The van der Waals surface area contributed by atoms with Gasteiger partial charge in [0, 0.05) is 16.1 Å². The zero-order chi connectivity index (χ0) is 15.0. The number of ether oxygens (including phenoxy) is 1. The third-order valence-electron chi connectivity index (χ3n) is 3.29. The number of hydrogen-bond donors (Lipinski definition) is 1. The molecule has 1 N–H and O–H groups in total. The smallest absolute Gasteiger partial charge is 0.349 e. The Hall–Kier alpha value is -1.95. The van der Waals surface area contributed by atoms with Gasteiger partial charge in [-0.3, -0.25) is 4.79 Å². The van der Waals surface area contributed by atoms with Crippen LogP contribution in [0.4, 0.5) is 4.39 Å². The van der Waals surface area contributed by atoms with Crippen LogP contribution in [0.2, 0.25) is 0 Å². The van der Waals surface area contributed by atoms with Crippen LogP contribution >= 0.6 is 11.3 Å². The molecular weight excluding hydrogens is 293 g/mol. The molecule has 4 nitrogen and oxygen atoms in total. The number of nitrogens with one attached hydrogen (secondary N) is 1. The first kappa shape index (κ1) is 14.0. The van der Waals surface area contributed by atoms with E-state index in [2.05, 4.69) is 5.32 Å². The number of amides is 1. The fourth-order valence-corrected chi connectivity index (χ4v) is 2.90. The molecule has 1 aliphatic carbocycles. The van der Waals surface area contributed by atoms with Gasteiger partial charge in [-0.05, 0) is 38.0 Å². The quantitative estimate of drug-likeness (QED) is 0.884. The molecule has 1 fully saturated rings. The Morgan fingerprint density at radius 1 is 1.43 bits per heavy atom. The Bertz CT molecular complexity index is 708. The van der Waals surface area contributed by atoms with Gasteiger partial charge in [0.1, 0.15) is 10.7 Å². The number of rotatable bonds is 4. The summed E-state index contributed by atoms with van der Waals surface area (Å²) in [6, 6.07) is 6.36. The summed E-state index contributed by atoms with van der Waals surface area (Å²) < 4.78 is 19.4. The molecule has 2 aromatic rings. The standard InChI is InChI=1S/C15H14FNO3S/c1-8(14(18)17-9-5-6-9)20-15(19)13-7-10-11(16)3-2-4-12(10)21-13/h2-4,7-9H,5-6H2,1H3,(H,17,18)/t8-/m0/s1. The lowest BCUT2D eigenvalue weighted by Crippen LogP contribution is -2.36. The molecule has 0 aliphatic heterocycles. The monoisotopic (exact) mass is 307 g/mol. The van der Waals surface area contributed by atoms with Crippen molar-refractivity contribution >= 4 is 33.3 Å². The van der Waals surface area contributed by atoms with Crippen LogP contribution in [0, 0.1) is 5.82 Å². The fourth-order valence-electron chi connectivity index (χ4n) is 1.94. The van der Waals surface area contributed by atoms with Gasteiger partial charge >= 0.3 is 5.97 Å². The highest BCUT2D eigenvalue weighted by atomic mass is 32.1. The molecule has 1 aromatic heterocycles. The number of hydrogen-bond acceptors (Lipinski definition) is 4. The van der Waals surface area contributed by atoms with Crippen molar-refractivity contribution in [2.75, 3.05) is 0 Å². The van der Waals surface area contributed by atoms with Gasteiger partial charge in [0.05, 0.1) is 0 Å². The average molecular weight is 307 g/mol. The van der Waals surface area contributed by atoms with Gasteiger partial charge in [0.2, 0.25) is 0 Å². The molecular formula is C15H14FNO3S. The van der Waals surface area contributed by atoms with E-state index >= 15 is 0 Å². The molecule has 6 heteroatoms. The molecule has 1 atom stereocenters. The van der Waals surface area contributed by atoms with Crippen LogP contribution in [0.3, 0.4) is 0 Å². The van der Waals surface area contributed by atoms with Crippen molar-refractivity contribution in [1.82, 2.24) is 5.32 Å². The maximum Gasteiger partial charge on any atom is 0.349 e. The maximum absolute atomic E-state index is 13.6.